The van der Waals surface area contributed by atoms with E-state index in [9.17, 15) is 9.59 Å². The van der Waals surface area contributed by atoms with Gasteiger partial charge in [0.15, 0.2) is 5.96 Å². The zero-order valence-corrected chi connectivity index (χ0v) is 21.5. The van der Waals surface area contributed by atoms with Gasteiger partial charge in [-0.1, -0.05) is 12.1 Å². The molecule has 0 spiro atoms. The molecule has 2 N–H and O–H groups in total. The molecule has 1 amide bonds. The average molecular weight is 555 g/mol. The number of aliphatic imine (C=N–C) groups is 1. The van der Waals surface area contributed by atoms with Crippen LogP contribution in [0.1, 0.15) is 41.0 Å². The predicted octanol–water partition coefficient (Wildman–Crippen LogP) is 1.50. The van der Waals surface area contributed by atoms with Crippen LogP contribution in [0.4, 0.5) is 0 Å². The highest BCUT2D eigenvalue weighted by molar-refractivity contribution is 14.0. The van der Waals surface area contributed by atoms with Crippen molar-refractivity contribution in [1.82, 2.24) is 29.9 Å². The number of fused-ring (bicyclic) bond motifs is 1. The molecule has 0 unspecified atom stereocenters. The minimum atomic E-state index is 0. The first-order valence-corrected chi connectivity index (χ1v) is 10.9. The SMILES string of the molecule is CN=C(NCCCn1nc2n(c1=O)CCCC2)NCCc1cccc(C(=O)N(C)C)c1.I. The van der Waals surface area contributed by atoms with Gasteiger partial charge in [0.2, 0.25) is 0 Å². The van der Waals surface area contributed by atoms with Crippen molar-refractivity contribution in [3.8, 4) is 0 Å². The Morgan fingerprint density at radius 3 is 2.72 bits per heavy atom. The minimum Gasteiger partial charge on any atom is -0.356 e. The molecule has 1 aromatic carbocycles. The molecule has 32 heavy (non-hydrogen) atoms. The van der Waals surface area contributed by atoms with E-state index in [2.05, 4.69) is 20.7 Å². The van der Waals surface area contributed by atoms with Gasteiger partial charge < -0.3 is 15.5 Å². The van der Waals surface area contributed by atoms with Crippen LogP contribution in [-0.4, -0.2) is 65.3 Å². The van der Waals surface area contributed by atoms with Crippen molar-refractivity contribution in [3.05, 3.63) is 51.7 Å². The van der Waals surface area contributed by atoms with Gasteiger partial charge in [0, 0.05) is 59.3 Å². The summed E-state index contributed by atoms with van der Waals surface area (Å²) < 4.78 is 3.39. The third kappa shape index (κ3) is 6.81. The number of guanidine groups is 1. The zero-order chi connectivity index (χ0) is 22.2. The lowest BCUT2D eigenvalue weighted by molar-refractivity contribution is 0.0827. The number of benzene rings is 1. The number of aromatic nitrogens is 3. The summed E-state index contributed by atoms with van der Waals surface area (Å²) in [6, 6.07) is 7.70. The number of rotatable bonds is 8. The van der Waals surface area contributed by atoms with Gasteiger partial charge in [-0.25, -0.2) is 9.48 Å². The van der Waals surface area contributed by atoms with Gasteiger partial charge in [0.1, 0.15) is 5.82 Å². The Morgan fingerprint density at radius 2 is 2.00 bits per heavy atom. The third-order valence-corrected chi connectivity index (χ3v) is 5.38. The summed E-state index contributed by atoms with van der Waals surface area (Å²) in [6.07, 6.45) is 4.62. The van der Waals surface area contributed by atoms with E-state index >= 15 is 0 Å². The number of amides is 1. The summed E-state index contributed by atoms with van der Waals surface area (Å²) in [7, 11) is 5.24. The van der Waals surface area contributed by atoms with E-state index in [0.29, 0.717) is 25.2 Å². The van der Waals surface area contributed by atoms with E-state index in [1.54, 1.807) is 35.3 Å². The van der Waals surface area contributed by atoms with Crippen LogP contribution in [-0.2, 0) is 25.9 Å². The molecule has 0 saturated carbocycles. The maximum absolute atomic E-state index is 12.4. The fourth-order valence-electron chi connectivity index (χ4n) is 3.69. The molecule has 0 saturated heterocycles. The molecule has 10 heteroatoms. The van der Waals surface area contributed by atoms with Crippen LogP contribution in [0.5, 0.6) is 0 Å². The standard InChI is InChI=1S/C22H33N7O2.HI/c1-23-21(25-13-11-17-8-6-9-18(16-17)20(30)27(2)3)24-12-7-15-29-22(31)28-14-5-4-10-19(28)26-29;/h6,8-9,16H,4-5,7,10-15H2,1-3H3,(H2,23,24,25);1H. The minimum absolute atomic E-state index is 0. The largest absolute Gasteiger partial charge is 0.356 e. The summed E-state index contributed by atoms with van der Waals surface area (Å²) in [5.41, 5.74) is 1.80. The zero-order valence-electron chi connectivity index (χ0n) is 19.1. The van der Waals surface area contributed by atoms with E-state index in [-0.39, 0.29) is 35.6 Å². The molecule has 3 rings (SSSR count). The molecule has 1 aliphatic heterocycles. The molecule has 9 nitrogen and oxygen atoms in total. The smallest absolute Gasteiger partial charge is 0.345 e. The number of nitrogens with zero attached hydrogens (tertiary/aromatic N) is 5. The maximum atomic E-state index is 12.4. The summed E-state index contributed by atoms with van der Waals surface area (Å²) >= 11 is 0. The Kier molecular flexibility index (Phi) is 10.2. The van der Waals surface area contributed by atoms with Crippen molar-refractivity contribution in [3.63, 3.8) is 0 Å². The molecule has 0 bridgehead atoms. The second-order valence-electron chi connectivity index (χ2n) is 7.96. The highest BCUT2D eigenvalue weighted by atomic mass is 127. The number of hydrogen-bond acceptors (Lipinski definition) is 4. The van der Waals surface area contributed by atoms with Crippen molar-refractivity contribution in [1.29, 1.82) is 0 Å². The first-order chi connectivity index (χ1) is 15.0. The van der Waals surface area contributed by atoms with Gasteiger partial charge >= 0.3 is 5.69 Å². The summed E-state index contributed by atoms with van der Waals surface area (Å²) in [6.45, 7) is 2.78. The van der Waals surface area contributed by atoms with Crippen molar-refractivity contribution in [2.24, 2.45) is 4.99 Å². The fraction of sp³-hybridized carbons (Fsp3) is 0.545. The molecular weight excluding hydrogens is 521 g/mol. The molecular formula is C22H34IN7O2. The Balaban J connectivity index is 0.00000363. The molecule has 176 valence electrons. The maximum Gasteiger partial charge on any atom is 0.345 e. The van der Waals surface area contributed by atoms with E-state index in [1.807, 2.05) is 24.3 Å². The second kappa shape index (κ2) is 12.6. The highest BCUT2D eigenvalue weighted by Gasteiger charge is 2.16. The number of nitrogens with one attached hydrogen (secondary N) is 2. The highest BCUT2D eigenvalue weighted by Crippen LogP contribution is 2.09. The number of carbonyl (C=O) groups excluding carboxylic acids is 1. The third-order valence-electron chi connectivity index (χ3n) is 5.38. The van der Waals surface area contributed by atoms with E-state index in [1.165, 1.54) is 0 Å². The number of aryl methyl sites for hydroxylation is 2. The topological polar surface area (TPSA) is 96.5 Å². The Hall–Kier alpha value is -2.37. The van der Waals surface area contributed by atoms with Gasteiger partial charge in [-0.05, 0) is 43.4 Å². The van der Waals surface area contributed by atoms with Gasteiger partial charge in [-0.2, -0.15) is 5.10 Å². The monoisotopic (exact) mass is 555 g/mol. The van der Waals surface area contributed by atoms with Gasteiger partial charge in [-0.15, -0.1) is 24.0 Å². The predicted molar refractivity (Wildman–Crippen MR) is 137 cm³/mol. The molecule has 0 fully saturated rings. The van der Waals surface area contributed by atoms with Crippen molar-refractivity contribution < 1.29 is 4.79 Å². The van der Waals surface area contributed by atoms with Crippen LogP contribution in [0.3, 0.4) is 0 Å². The number of carbonyl (C=O) groups is 1. The molecule has 2 heterocycles. The Bertz CT molecular complexity index is 981. The van der Waals surface area contributed by atoms with Crippen molar-refractivity contribution >= 4 is 35.8 Å². The van der Waals surface area contributed by atoms with Gasteiger partial charge in [-0.3, -0.25) is 14.4 Å². The van der Waals surface area contributed by atoms with Crippen LogP contribution >= 0.6 is 24.0 Å². The van der Waals surface area contributed by atoms with Gasteiger partial charge in [0.05, 0.1) is 0 Å². The normalized spacial score (nSPS) is 13.2. The van der Waals surface area contributed by atoms with E-state index in [4.69, 9.17) is 0 Å². The lowest BCUT2D eigenvalue weighted by Gasteiger charge is -2.13. The first-order valence-electron chi connectivity index (χ1n) is 10.9. The summed E-state index contributed by atoms with van der Waals surface area (Å²) in [5.74, 6) is 1.64. The Morgan fingerprint density at radius 1 is 1.22 bits per heavy atom. The van der Waals surface area contributed by atoms with E-state index < -0.39 is 0 Å². The lowest BCUT2D eigenvalue weighted by Crippen LogP contribution is -2.39. The molecule has 0 radical (unpaired) electrons. The van der Waals surface area contributed by atoms with E-state index in [0.717, 1.165) is 56.0 Å². The van der Waals surface area contributed by atoms with Crippen LogP contribution in [0.25, 0.3) is 0 Å². The quantitative estimate of drug-likeness (QED) is 0.223. The average Bonchev–Trinajstić information content (AvgIpc) is 3.10. The van der Waals surface area contributed by atoms with Crippen LogP contribution in [0.2, 0.25) is 0 Å². The first kappa shape index (κ1) is 25.9. The number of halogens is 1. The van der Waals surface area contributed by atoms with Crippen molar-refractivity contribution in [2.45, 2.75) is 45.2 Å². The summed E-state index contributed by atoms with van der Waals surface area (Å²) in [4.78, 5) is 30.3. The fourth-order valence-corrected chi connectivity index (χ4v) is 3.69. The van der Waals surface area contributed by atoms with Crippen LogP contribution in [0.15, 0.2) is 34.1 Å². The van der Waals surface area contributed by atoms with Crippen LogP contribution in [0, 0.1) is 0 Å². The molecule has 1 aromatic heterocycles. The number of hydrogen-bond donors (Lipinski definition) is 2. The molecule has 0 atom stereocenters. The van der Waals surface area contributed by atoms with Crippen molar-refractivity contribution in [2.75, 3.05) is 34.2 Å². The molecule has 2 aromatic rings. The molecule has 0 aliphatic carbocycles. The Labute approximate surface area is 206 Å². The summed E-state index contributed by atoms with van der Waals surface area (Å²) in [5, 5.41) is 11.0. The second-order valence-corrected chi connectivity index (χ2v) is 7.96. The lowest BCUT2D eigenvalue weighted by atomic mass is 10.1. The molecule has 1 aliphatic rings. The van der Waals surface area contributed by atoms with Crippen LogP contribution < -0.4 is 16.3 Å². The van der Waals surface area contributed by atoms with Gasteiger partial charge in [0.25, 0.3) is 5.91 Å².